The molecule has 4 rings (SSSR count). The van der Waals surface area contributed by atoms with Gasteiger partial charge in [0.1, 0.15) is 17.9 Å². The monoisotopic (exact) mass is 451 g/mol. The molecule has 0 atom stereocenters. The molecule has 9 heteroatoms. The number of hydrogen-bond donors (Lipinski definition) is 2. The number of carboxylic acid groups (broad SMARTS) is 1. The fourth-order valence-electron chi connectivity index (χ4n) is 3.77. The Morgan fingerprint density at radius 3 is 2.48 bits per heavy atom. The average molecular weight is 451 g/mol. The van der Waals surface area contributed by atoms with Crippen LogP contribution >= 0.6 is 0 Å². The van der Waals surface area contributed by atoms with Crippen LogP contribution in [0.25, 0.3) is 22.4 Å². The molecule has 1 aliphatic rings. The van der Waals surface area contributed by atoms with Crippen LogP contribution in [0.15, 0.2) is 48.5 Å². The number of hydrogen-bond acceptors (Lipinski definition) is 7. The van der Waals surface area contributed by atoms with Crippen LogP contribution in [0.1, 0.15) is 20.7 Å². The van der Waals surface area contributed by atoms with Crippen molar-refractivity contribution in [2.24, 2.45) is 0 Å². The number of aromatic carboxylic acids is 1. The lowest BCUT2D eigenvalue weighted by Crippen LogP contribution is -2.38. The summed E-state index contributed by atoms with van der Waals surface area (Å²) >= 11 is 0. The molecule has 0 spiro atoms. The molecular formula is C24H25N3O6. The topological polar surface area (TPSA) is 114 Å². The summed E-state index contributed by atoms with van der Waals surface area (Å²) in [5.41, 5.74) is 2.87. The Morgan fingerprint density at radius 1 is 1.09 bits per heavy atom. The number of aromatic nitrogens is 2. The van der Waals surface area contributed by atoms with Gasteiger partial charge in [0.2, 0.25) is 5.88 Å². The molecule has 1 fully saturated rings. The largest absolute Gasteiger partial charge is 0.477 e. The molecule has 3 aromatic rings. The van der Waals surface area contributed by atoms with E-state index in [1.165, 1.54) is 7.11 Å². The van der Waals surface area contributed by atoms with Gasteiger partial charge in [0.05, 0.1) is 25.9 Å². The molecule has 0 unspecified atom stereocenters. The number of methoxy groups -OCH3 is 1. The van der Waals surface area contributed by atoms with Crippen molar-refractivity contribution in [2.75, 3.05) is 46.6 Å². The van der Waals surface area contributed by atoms with Crippen LogP contribution in [0.3, 0.4) is 0 Å². The summed E-state index contributed by atoms with van der Waals surface area (Å²) in [6, 6.07) is 14.3. The van der Waals surface area contributed by atoms with Crippen LogP contribution in [-0.2, 0) is 9.47 Å². The van der Waals surface area contributed by atoms with E-state index in [2.05, 4.69) is 15.1 Å². The van der Waals surface area contributed by atoms with E-state index in [1.807, 2.05) is 24.3 Å². The molecule has 2 N–H and O–H groups in total. The number of ether oxygens (including phenoxy) is 3. The SMILES string of the molecule is COC(=O)c1ccccc1-c1ccc(-c2n[nH]c(OCCN3CCOCC3)c2C(=O)O)cc1. The normalized spacial score (nSPS) is 14.1. The van der Waals surface area contributed by atoms with Crippen molar-refractivity contribution in [3.8, 4) is 28.3 Å². The van der Waals surface area contributed by atoms with Gasteiger partial charge in [0.15, 0.2) is 0 Å². The highest BCUT2D eigenvalue weighted by Gasteiger charge is 2.23. The maximum absolute atomic E-state index is 12.1. The van der Waals surface area contributed by atoms with Crippen LogP contribution in [0.2, 0.25) is 0 Å². The van der Waals surface area contributed by atoms with E-state index in [1.54, 1.807) is 24.3 Å². The number of carboxylic acids is 1. The summed E-state index contributed by atoms with van der Waals surface area (Å²) in [5.74, 6) is -1.42. The third-order valence-corrected chi connectivity index (χ3v) is 5.51. The Bertz CT molecular complexity index is 1120. The van der Waals surface area contributed by atoms with Gasteiger partial charge >= 0.3 is 11.9 Å². The van der Waals surface area contributed by atoms with Crippen molar-refractivity contribution in [3.63, 3.8) is 0 Å². The minimum absolute atomic E-state index is 0.0142. The third kappa shape index (κ3) is 5.05. The lowest BCUT2D eigenvalue weighted by atomic mass is 9.97. The predicted molar refractivity (Wildman–Crippen MR) is 121 cm³/mol. The van der Waals surface area contributed by atoms with Crippen molar-refractivity contribution in [2.45, 2.75) is 0 Å². The van der Waals surface area contributed by atoms with Crippen LogP contribution in [-0.4, -0.2) is 78.7 Å². The Morgan fingerprint density at radius 2 is 1.79 bits per heavy atom. The highest BCUT2D eigenvalue weighted by atomic mass is 16.5. The number of nitrogens with one attached hydrogen (secondary N) is 1. The van der Waals surface area contributed by atoms with Crippen LogP contribution in [0.5, 0.6) is 5.88 Å². The molecule has 0 radical (unpaired) electrons. The summed E-state index contributed by atoms with van der Waals surface area (Å²) in [6.07, 6.45) is 0. The Balaban J connectivity index is 1.53. The number of benzene rings is 2. The maximum atomic E-state index is 12.1. The van der Waals surface area contributed by atoms with E-state index >= 15 is 0 Å². The first kappa shape index (κ1) is 22.5. The maximum Gasteiger partial charge on any atom is 0.343 e. The molecule has 1 aliphatic heterocycles. The highest BCUT2D eigenvalue weighted by Crippen LogP contribution is 2.31. The number of nitrogens with zero attached hydrogens (tertiary/aromatic N) is 2. The van der Waals surface area contributed by atoms with Gasteiger partial charge in [0, 0.05) is 25.2 Å². The zero-order chi connectivity index (χ0) is 23.2. The van der Waals surface area contributed by atoms with Gasteiger partial charge in [-0.2, -0.15) is 5.10 Å². The molecule has 9 nitrogen and oxygen atoms in total. The zero-order valence-corrected chi connectivity index (χ0v) is 18.2. The van der Waals surface area contributed by atoms with Gasteiger partial charge in [0.25, 0.3) is 0 Å². The smallest absolute Gasteiger partial charge is 0.343 e. The van der Waals surface area contributed by atoms with Crippen LogP contribution in [0, 0.1) is 0 Å². The van der Waals surface area contributed by atoms with E-state index in [0.29, 0.717) is 37.5 Å². The molecule has 0 saturated carbocycles. The number of rotatable bonds is 8. The number of esters is 1. The van der Waals surface area contributed by atoms with Gasteiger partial charge in [-0.1, -0.05) is 42.5 Å². The van der Waals surface area contributed by atoms with Crippen LogP contribution < -0.4 is 4.74 Å². The molecule has 0 aliphatic carbocycles. The Labute approximate surface area is 190 Å². The first-order valence-electron chi connectivity index (χ1n) is 10.6. The molecule has 0 bridgehead atoms. The molecule has 2 heterocycles. The summed E-state index contributed by atoms with van der Waals surface area (Å²) in [7, 11) is 1.34. The lowest BCUT2D eigenvalue weighted by Gasteiger charge is -2.26. The zero-order valence-electron chi connectivity index (χ0n) is 18.2. The molecule has 33 heavy (non-hydrogen) atoms. The first-order chi connectivity index (χ1) is 16.1. The van der Waals surface area contributed by atoms with Gasteiger partial charge in [-0.15, -0.1) is 0 Å². The second-order valence-corrected chi connectivity index (χ2v) is 7.50. The summed E-state index contributed by atoms with van der Waals surface area (Å²) in [5, 5.41) is 16.7. The van der Waals surface area contributed by atoms with Crippen LogP contribution in [0.4, 0.5) is 0 Å². The van der Waals surface area contributed by atoms with E-state index in [0.717, 1.165) is 24.2 Å². The Hall–Kier alpha value is -3.69. The first-order valence-corrected chi connectivity index (χ1v) is 10.6. The second kappa shape index (κ2) is 10.3. The number of carbonyl (C=O) groups excluding carboxylic acids is 1. The molecular weight excluding hydrogens is 426 g/mol. The molecule has 1 aromatic heterocycles. The average Bonchev–Trinajstić information content (AvgIpc) is 3.28. The predicted octanol–water partition coefficient (Wildman–Crippen LogP) is 2.94. The lowest BCUT2D eigenvalue weighted by molar-refractivity contribution is 0.0319. The number of carbonyl (C=O) groups is 2. The standard InChI is InChI=1S/C24H25N3O6/c1-31-24(30)19-5-3-2-4-18(19)16-6-8-17(9-7-16)21-20(23(28)29)22(26-25-21)33-15-12-27-10-13-32-14-11-27/h2-9H,10-15H2,1H3,(H,25,26)(H,28,29). The van der Waals surface area contributed by atoms with Crippen molar-refractivity contribution in [1.82, 2.24) is 15.1 Å². The highest BCUT2D eigenvalue weighted by molar-refractivity contribution is 5.99. The van der Waals surface area contributed by atoms with Crippen molar-refractivity contribution in [3.05, 3.63) is 59.7 Å². The van der Waals surface area contributed by atoms with E-state index < -0.39 is 11.9 Å². The molecule has 2 aromatic carbocycles. The van der Waals surface area contributed by atoms with E-state index in [4.69, 9.17) is 14.2 Å². The summed E-state index contributed by atoms with van der Waals surface area (Å²) in [4.78, 5) is 26.2. The van der Waals surface area contributed by atoms with E-state index in [9.17, 15) is 14.7 Å². The summed E-state index contributed by atoms with van der Waals surface area (Å²) < 4.78 is 15.9. The fourth-order valence-corrected chi connectivity index (χ4v) is 3.77. The quantitative estimate of drug-likeness (QED) is 0.503. The number of morpholine rings is 1. The van der Waals surface area contributed by atoms with Gasteiger partial charge in [-0.05, 0) is 17.2 Å². The minimum atomic E-state index is -1.12. The Kier molecular flexibility index (Phi) is 7.01. The molecule has 1 saturated heterocycles. The minimum Gasteiger partial charge on any atom is -0.477 e. The number of H-pyrrole nitrogens is 1. The second-order valence-electron chi connectivity index (χ2n) is 7.50. The summed E-state index contributed by atoms with van der Waals surface area (Å²) in [6.45, 7) is 4.04. The molecule has 172 valence electrons. The van der Waals surface area contributed by atoms with Gasteiger partial charge in [-0.3, -0.25) is 4.90 Å². The van der Waals surface area contributed by atoms with Gasteiger partial charge < -0.3 is 19.3 Å². The van der Waals surface area contributed by atoms with Crippen molar-refractivity contribution < 1.29 is 28.9 Å². The van der Waals surface area contributed by atoms with Gasteiger partial charge in [-0.25, -0.2) is 14.7 Å². The third-order valence-electron chi connectivity index (χ3n) is 5.51. The molecule has 0 amide bonds. The fraction of sp³-hybridized carbons (Fsp3) is 0.292. The van der Waals surface area contributed by atoms with Crippen molar-refractivity contribution in [1.29, 1.82) is 0 Å². The number of aromatic amines is 1. The van der Waals surface area contributed by atoms with E-state index in [-0.39, 0.29) is 17.1 Å². The van der Waals surface area contributed by atoms with Crippen molar-refractivity contribution >= 4 is 11.9 Å².